The molecule has 0 radical (unpaired) electrons. The summed E-state index contributed by atoms with van der Waals surface area (Å²) >= 11 is 0. The maximum absolute atomic E-state index is 4.15. The van der Waals surface area contributed by atoms with E-state index in [1.54, 1.807) is 6.33 Å². The molecule has 1 aromatic heterocycles. The number of nitrogens with zero attached hydrogens (tertiary/aromatic N) is 3. The van der Waals surface area contributed by atoms with Gasteiger partial charge in [-0.1, -0.05) is 36.9 Å². The lowest BCUT2D eigenvalue weighted by molar-refractivity contribution is 0.693. The van der Waals surface area contributed by atoms with Gasteiger partial charge in [0.1, 0.15) is 6.33 Å². The van der Waals surface area contributed by atoms with Crippen LogP contribution in [-0.4, -0.2) is 21.8 Å². The fourth-order valence-corrected chi connectivity index (χ4v) is 1.51. The van der Waals surface area contributed by atoms with E-state index in [4.69, 9.17) is 0 Å². The molecule has 0 spiro atoms. The third-order valence-electron chi connectivity index (χ3n) is 2.39. The quantitative estimate of drug-likeness (QED) is 0.846. The van der Waals surface area contributed by atoms with Crippen molar-refractivity contribution in [2.75, 3.05) is 12.4 Å². The average Bonchev–Trinajstić information content (AvgIpc) is 2.77. The van der Waals surface area contributed by atoms with Crippen molar-refractivity contribution in [3.63, 3.8) is 0 Å². The maximum Gasteiger partial charge on any atom is 0.221 e. The predicted molar refractivity (Wildman–Crippen MR) is 65.2 cm³/mol. The largest absolute Gasteiger partial charge is 0.357 e. The van der Waals surface area contributed by atoms with E-state index in [1.807, 2.05) is 29.9 Å². The molecule has 4 heteroatoms. The first-order chi connectivity index (χ1) is 7.83. The molecule has 0 aliphatic rings. The number of aromatic nitrogens is 3. The van der Waals surface area contributed by atoms with E-state index in [-0.39, 0.29) is 0 Å². The molecular weight excluding hydrogens is 200 g/mol. The molecular formula is C12H14N4. The van der Waals surface area contributed by atoms with E-state index in [0.29, 0.717) is 6.54 Å². The van der Waals surface area contributed by atoms with Gasteiger partial charge in [0.25, 0.3) is 0 Å². The summed E-state index contributed by atoms with van der Waals surface area (Å²) in [6.07, 6.45) is 3.38. The fraction of sp³-hybridized carbons (Fsp3) is 0.167. The Morgan fingerprint density at radius 2 is 2.12 bits per heavy atom. The molecule has 0 aliphatic carbocycles. The van der Waals surface area contributed by atoms with Crippen molar-refractivity contribution >= 4 is 12.0 Å². The lowest BCUT2D eigenvalue weighted by Crippen LogP contribution is -2.06. The zero-order valence-corrected chi connectivity index (χ0v) is 9.22. The third kappa shape index (κ3) is 2.11. The van der Waals surface area contributed by atoms with Crippen LogP contribution >= 0.6 is 0 Å². The molecule has 16 heavy (non-hydrogen) atoms. The van der Waals surface area contributed by atoms with Crippen molar-refractivity contribution in [3.8, 4) is 0 Å². The van der Waals surface area contributed by atoms with Crippen molar-refractivity contribution in [2.45, 2.75) is 6.54 Å². The first kappa shape index (κ1) is 10.4. The van der Waals surface area contributed by atoms with Crippen LogP contribution in [0.3, 0.4) is 0 Å². The Labute approximate surface area is 94.6 Å². The van der Waals surface area contributed by atoms with Gasteiger partial charge in [0.05, 0.1) is 6.54 Å². The summed E-state index contributed by atoms with van der Waals surface area (Å²) in [5.41, 5.74) is 2.31. The van der Waals surface area contributed by atoms with Crippen LogP contribution in [-0.2, 0) is 6.54 Å². The number of nitrogens with one attached hydrogen (secondary N) is 1. The lowest BCUT2D eigenvalue weighted by atomic mass is 10.1. The molecule has 1 aromatic carbocycles. The second-order valence-electron chi connectivity index (χ2n) is 3.44. The van der Waals surface area contributed by atoms with Crippen LogP contribution in [0.15, 0.2) is 37.2 Å². The molecule has 0 saturated carbocycles. The van der Waals surface area contributed by atoms with Crippen LogP contribution in [0.1, 0.15) is 11.1 Å². The maximum atomic E-state index is 4.15. The van der Waals surface area contributed by atoms with E-state index in [0.717, 1.165) is 11.5 Å². The molecule has 82 valence electrons. The highest BCUT2D eigenvalue weighted by Gasteiger charge is 2.02. The third-order valence-corrected chi connectivity index (χ3v) is 2.39. The lowest BCUT2D eigenvalue weighted by Gasteiger charge is -2.05. The Morgan fingerprint density at radius 3 is 2.75 bits per heavy atom. The van der Waals surface area contributed by atoms with E-state index < -0.39 is 0 Å². The molecule has 0 atom stereocenters. The molecule has 0 unspecified atom stereocenters. The van der Waals surface area contributed by atoms with Gasteiger partial charge in [-0.05, 0) is 11.1 Å². The summed E-state index contributed by atoms with van der Waals surface area (Å²) < 4.78 is 1.82. The normalized spacial score (nSPS) is 10.1. The van der Waals surface area contributed by atoms with Gasteiger partial charge in [-0.2, -0.15) is 10.1 Å². The Hall–Kier alpha value is -2.10. The summed E-state index contributed by atoms with van der Waals surface area (Å²) in [7, 11) is 1.83. The van der Waals surface area contributed by atoms with Crippen LogP contribution in [0.2, 0.25) is 0 Å². The Bertz CT molecular complexity index is 470. The second-order valence-corrected chi connectivity index (χ2v) is 3.44. The van der Waals surface area contributed by atoms with Crippen LogP contribution in [0.25, 0.3) is 6.08 Å². The predicted octanol–water partition coefficient (Wildman–Crippen LogP) is 2.01. The van der Waals surface area contributed by atoms with Gasteiger partial charge in [-0.3, -0.25) is 0 Å². The molecule has 2 rings (SSSR count). The summed E-state index contributed by atoms with van der Waals surface area (Å²) in [6, 6.07) is 8.22. The minimum Gasteiger partial charge on any atom is -0.357 e. The molecule has 0 bridgehead atoms. The SMILES string of the molecule is C=Cc1ccc(Cn2ncnc2NC)cc1. The highest BCUT2D eigenvalue weighted by molar-refractivity contribution is 5.47. The molecule has 0 fully saturated rings. The van der Waals surface area contributed by atoms with Crippen LogP contribution in [0.5, 0.6) is 0 Å². The fourth-order valence-electron chi connectivity index (χ4n) is 1.51. The first-order valence-electron chi connectivity index (χ1n) is 5.10. The molecule has 4 nitrogen and oxygen atoms in total. The standard InChI is InChI=1S/C12H14N4/c1-3-10-4-6-11(7-5-10)8-16-12(13-2)14-9-15-16/h3-7,9H,1,8H2,2H3,(H,13,14,15). The van der Waals surface area contributed by atoms with E-state index >= 15 is 0 Å². The molecule has 1 heterocycles. The Balaban J connectivity index is 2.17. The van der Waals surface area contributed by atoms with Gasteiger partial charge in [0.2, 0.25) is 5.95 Å². The zero-order chi connectivity index (χ0) is 11.4. The highest BCUT2D eigenvalue weighted by atomic mass is 15.4. The van der Waals surface area contributed by atoms with Gasteiger partial charge < -0.3 is 5.32 Å². The summed E-state index contributed by atoms with van der Waals surface area (Å²) in [5.74, 6) is 0.771. The number of hydrogen-bond acceptors (Lipinski definition) is 3. The van der Waals surface area contributed by atoms with Gasteiger partial charge >= 0.3 is 0 Å². The van der Waals surface area contributed by atoms with E-state index in [1.165, 1.54) is 5.56 Å². The molecule has 0 aliphatic heterocycles. The van der Waals surface area contributed by atoms with Crippen molar-refractivity contribution < 1.29 is 0 Å². The topological polar surface area (TPSA) is 42.7 Å². The molecule has 0 amide bonds. The number of anilines is 1. The average molecular weight is 214 g/mol. The second kappa shape index (κ2) is 4.61. The number of rotatable bonds is 4. The summed E-state index contributed by atoms with van der Waals surface area (Å²) in [6.45, 7) is 4.44. The van der Waals surface area contributed by atoms with Crippen molar-refractivity contribution in [1.29, 1.82) is 0 Å². The van der Waals surface area contributed by atoms with Gasteiger partial charge in [-0.15, -0.1) is 0 Å². The van der Waals surface area contributed by atoms with Crippen molar-refractivity contribution in [3.05, 3.63) is 48.3 Å². The first-order valence-corrected chi connectivity index (χ1v) is 5.10. The Morgan fingerprint density at radius 1 is 1.38 bits per heavy atom. The van der Waals surface area contributed by atoms with Crippen molar-refractivity contribution in [1.82, 2.24) is 14.8 Å². The zero-order valence-electron chi connectivity index (χ0n) is 9.22. The Kier molecular flexibility index (Phi) is 3.00. The monoisotopic (exact) mass is 214 g/mol. The smallest absolute Gasteiger partial charge is 0.221 e. The minimum absolute atomic E-state index is 0.716. The van der Waals surface area contributed by atoms with Gasteiger partial charge in [0, 0.05) is 7.05 Å². The van der Waals surface area contributed by atoms with E-state index in [2.05, 4.69) is 34.1 Å². The van der Waals surface area contributed by atoms with Crippen LogP contribution in [0, 0.1) is 0 Å². The van der Waals surface area contributed by atoms with Crippen LogP contribution in [0.4, 0.5) is 5.95 Å². The molecule has 2 aromatic rings. The molecule has 0 saturated heterocycles. The number of benzene rings is 1. The minimum atomic E-state index is 0.716. The highest BCUT2D eigenvalue weighted by Crippen LogP contribution is 2.09. The number of hydrogen-bond donors (Lipinski definition) is 1. The van der Waals surface area contributed by atoms with Crippen molar-refractivity contribution in [2.24, 2.45) is 0 Å². The molecule has 1 N–H and O–H groups in total. The van der Waals surface area contributed by atoms with Crippen LogP contribution < -0.4 is 5.32 Å². The summed E-state index contributed by atoms with van der Waals surface area (Å²) in [5, 5.41) is 7.14. The van der Waals surface area contributed by atoms with Gasteiger partial charge in [-0.25, -0.2) is 4.68 Å². The van der Waals surface area contributed by atoms with E-state index in [9.17, 15) is 0 Å². The summed E-state index contributed by atoms with van der Waals surface area (Å²) in [4.78, 5) is 4.09. The van der Waals surface area contributed by atoms with Gasteiger partial charge in [0.15, 0.2) is 0 Å².